The standard InChI is InChI=1S/C26H17ClF2N4O2/c1-15-12-16-8-11-31-25(24(16)26(34)33(15)19-5-2-17(28)3-6-19)32-18-4-7-23(21(29)13-18)35-22-9-10-30-14-20(22)27/h2-14H,1H3,(H,31,32). The first-order valence-electron chi connectivity index (χ1n) is 10.5. The number of fused-ring (bicyclic) bond motifs is 1. The van der Waals surface area contributed by atoms with Gasteiger partial charge in [0, 0.05) is 47.8 Å². The van der Waals surface area contributed by atoms with E-state index in [4.69, 9.17) is 16.3 Å². The van der Waals surface area contributed by atoms with Gasteiger partial charge in [0.15, 0.2) is 11.6 Å². The largest absolute Gasteiger partial charge is 0.453 e. The van der Waals surface area contributed by atoms with Crippen molar-refractivity contribution in [1.29, 1.82) is 0 Å². The molecule has 174 valence electrons. The molecule has 1 N–H and O–H groups in total. The van der Waals surface area contributed by atoms with Crippen LogP contribution in [0.15, 0.2) is 84.0 Å². The first-order chi connectivity index (χ1) is 16.9. The Hall–Kier alpha value is -4.30. The van der Waals surface area contributed by atoms with Crippen LogP contribution in [0.5, 0.6) is 11.5 Å². The smallest absolute Gasteiger partial charge is 0.266 e. The molecule has 0 saturated heterocycles. The van der Waals surface area contributed by atoms with Gasteiger partial charge in [0.1, 0.15) is 22.4 Å². The maximum atomic E-state index is 14.8. The van der Waals surface area contributed by atoms with Crippen molar-refractivity contribution in [2.45, 2.75) is 6.92 Å². The zero-order valence-electron chi connectivity index (χ0n) is 18.3. The van der Waals surface area contributed by atoms with Gasteiger partial charge in [-0.25, -0.2) is 13.8 Å². The minimum Gasteiger partial charge on any atom is -0.453 e. The summed E-state index contributed by atoms with van der Waals surface area (Å²) in [5.74, 6) is -0.529. The van der Waals surface area contributed by atoms with Crippen molar-refractivity contribution in [3.8, 4) is 17.2 Å². The average Bonchev–Trinajstić information content (AvgIpc) is 2.83. The number of halogens is 3. The summed E-state index contributed by atoms with van der Waals surface area (Å²) in [6.07, 6.45) is 4.45. The van der Waals surface area contributed by atoms with Crippen molar-refractivity contribution in [3.63, 3.8) is 0 Å². The number of nitrogens with one attached hydrogen (secondary N) is 1. The van der Waals surface area contributed by atoms with Crippen LogP contribution in [0.25, 0.3) is 16.5 Å². The highest BCUT2D eigenvalue weighted by atomic mass is 35.5. The molecule has 0 bridgehead atoms. The lowest BCUT2D eigenvalue weighted by molar-refractivity contribution is 0.442. The van der Waals surface area contributed by atoms with Crippen LogP contribution in [0.4, 0.5) is 20.3 Å². The fourth-order valence-electron chi connectivity index (χ4n) is 3.75. The molecular weight excluding hydrogens is 474 g/mol. The van der Waals surface area contributed by atoms with E-state index in [2.05, 4.69) is 15.3 Å². The number of anilines is 2. The van der Waals surface area contributed by atoms with E-state index in [0.29, 0.717) is 27.8 Å². The zero-order valence-corrected chi connectivity index (χ0v) is 19.1. The minimum atomic E-state index is -0.636. The van der Waals surface area contributed by atoms with Gasteiger partial charge in [0.25, 0.3) is 5.56 Å². The molecule has 0 aliphatic rings. The number of aromatic nitrogens is 3. The number of pyridine rings is 3. The summed E-state index contributed by atoms with van der Waals surface area (Å²) in [7, 11) is 0. The lowest BCUT2D eigenvalue weighted by Gasteiger charge is -2.15. The van der Waals surface area contributed by atoms with Gasteiger partial charge < -0.3 is 10.1 Å². The van der Waals surface area contributed by atoms with Crippen LogP contribution < -0.4 is 15.6 Å². The van der Waals surface area contributed by atoms with Crippen molar-refractivity contribution >= 4 is 33.9 Å². The number of rotatable bonds is 5. The second kappa shape index (κ2) is 9.15. The highest BCUT2D eigenvalue weighted by Crippen LogP contribution is 2.32. The van der Waals surface area contributed by atoms with Gasteiger partial charge in [0.05, 0.1) is 5.39 Å². The molecule has 0 spiro atoms. The summed E-state index contributed by atoms with van der Waals surface area (Å²) in [5, 5.41) is 4.25. The molecule has 3 heterocycles. The van der Waals surface area contributed by atoms with Crippen LogP contribution in [0.2, 0.25) is 5.02 Å². The van der Waals surface area contributed by atoms with Crippen LogP contribution in [0.1, 0.15) is 5.69 Å². The zero-order chi connectivity index (χ0) is 24.5. The second-order valence-electron chi connectivity index (χ2n) is 7.70. The van der Waals surface area contributed by atoms with E-state index in [0.717, 1.165) is 0 Å². The summed E-state index contributed by atoms with van der Waals surface area (Å²) < 4.78 is 35.2. The maximum absolute atomic E-state index is 14.8. The molecule has 3 aromatic heterocycles. The summed E-state index contributed by atoms with van der Waals surface area (Å²) in [5.41, 5.74) is 1.22. The highest BCUT2D eigenvalue weighted by Gasteiger charge is 2.15. The third-order valence-corrected chi connectivity index (χ3v) is 5.64. The van der Waals surface area contributed by atoms with Gasteiger partial charge in [-0.2, -0.15) is 0 Å². The molecule has 35 heavy (non-hydrogen) atoms. The molecule has 0 amide bonds. The third-order valence-electron chi connectivity index (χ3n) is 5.35. The van der Waals surface area contributed by atoms with E-state index >= 15 is 0 Å². The van der Waals surface area contributed by atoms with Gasteiger partial charge >= 0.3 is 0 Å². The van der Waals surface area contributed by atoms with Crippen molar-refractivity contribution < 1.29 is 13.5 Å². The molecule has 2 aromatic carbocycles. The van der Waals surface area contributed by atoms with Gasteiger partial charge in [-0.3, -0.25) is 14.3 Å². The van der Waals surface area contributed by atoms with E-state index in [9.17, 15) is 13.6 Å². The predicted octanol–water partition coefficient (Wildman–Crippen LogP) is 6.56. The minimum absolute atomic E-state index is 0.0242. The number of hydrogen-bond donors (Lipinski definition) is 1. The number of nitrogens with zero attached hydrogens (tertiary/aromatic N) is 3. The Morgan fingerprint density at radius 2 is 1.77 bits per heavy atom. The molecule has 5 aromatic rings. The van der Waals surface area contributed by atoms with Crippen LogP contribution in [0, 0.1) is 18.6 Å². The van der Waals surface area contributed by atoms with Crippen LogP contribution in [-0.4, -0.2) is 14.5 Å². The van der Waals surface area contributed by atoms with Crippen molar-refractivity contribution in [3.05, 3.63) is 112 Å². The molecule has 0 radical (unpaired) electrons. The number of benzene rings is 2. The second-order valence-corrected chi connectivity index (χ2v) is 8.11. The van der Waals surface area contributed by atoms with Crippen LogP contribution in [-0.2, 0) is 0 Å². The van der Waals surface area contributed by atoms with Gasteiger partial charge in [-0.05, 0) is 60.8 Å². The van der Waals surface area contributed by atoms with Gasteiger partial charge in [-0.15, -0.1) is 0 Å². The van der Waals surface area contributed by atoms with E-state index in [1.165, 1.54) is 59.4 Å². The fraction of sp³-hybridized carbons (Fsp3) is 0.0385. The molecule has 5 rings (SSSR count). The molecular formula is C26H17ClF2N4O2. The quantitative estimate of drug-likeness (QED) is 0.302. The molecule has 0 aliphatic carbocycles. The number of hydrogen-bond acceptors (Lipinski definition) is 5. The molecule has 9 heteroatoms. The predicted molar refractivity (Wildman–Crippen MR) is 131 cm³/mol. The molecule has 0 fully saturated rings. The van der Waals surface area contributed by atoms with E-state index in [1.807, 2.05) is 6.07 Å². The highest BCUT2D eigenvalue weighted by molar-refractivity contribution is 6.31. The van der Waals surface area contributed by atoms with E-state index < -0.39 is 11.6 Å². The lowest BCUT2D eigenvalue weighted by atomic mass is 10.1. The Labute approximate surface area is 203 Å². The number of ether oxygens (including phenoxy) is 1. The monoisotopic (exact) mass is 490 g/mol. The Bertz CT molecular complexity index is 1620. The lowest BCUT2D eigenvalue weighted by Crippen LogP contribution is -2.21. The van der Waals surface area contributed by atoms with Gasteiger partial charge in [0.2, 0.25) is 0 Å². The first-order valence-corrected chi connectivity index (χ1v) is 10.9. The summed E-state index contributed by atoms with van der Waals surface area (Å²) in [6.45, 7) is 1.79. The summed E-state index contributed by atoms with van der Waals surface area (Å²) in [4.78, 5) is 21.7. The van der Waals surface area contributed by atoms with Crippen LogP contribution >= 0.6 is 11.6 Å². The van der Waals surface area contributed by atoms with E-state index in [-0.39, 0.29) is 27.9 Å². The topological polar surface area (TPSA) is 69.0 Å². The molecule has 0 saturated carbocycles. The maximum Gasteiger partial charge on any atom is 0.266 e. The average molecular weight is 491 g/mol. The Morgan fingerprint density at radius 3 is 2.51 bits per heavy atom. The van der Waals surface area contributed by atoms with Crippen LogP contribution in [0.3, 0.4) is 0 Å². The SMILES string of the molecule is Cc1cc2ccnc(Nc3ccc(Oc4ccncc4Cl)c(F)c3)c2c(=O)n1-c1ccc(F)cc1. The van der Waals surface area contributed by atoms with Crippen molar-refractivity contribution in [1.82, 2.24) is 14.5 Å². The molecule has 0 unspecified atom stereocenters. The van der Waals surface area contributed by atoms with Gasteiger partial charge in [-0.1, -0.05) is 11.6 Å². The summed E-state index contributed by atoms with van der Waals surface area (Å²) in [6, 6.07) is 15.0. The van der Waals surface area contributed by atoms with Crippen molar-refractivity contribution in [2.24, 2.45) is 0 Å². The fourth-order valence-corrected chi connectivity index (χ4v) is 3.91. The molecule has 0 atom stereocenters. The Balaban J connectivity index is 1.52. The molecule has 0 aliphatic heterocycles. The first kappa shape index (κ1) is 22.5. The Morgan fingerprint density at radius 1 is 0.971 bits per heavy atom. The summed E-state index contributed by atoms with van der Waals surface area (Å²) >= 11 is 6.03. The normalized spacial score (nSPS) is 11.0. The Kier molecular flexibility index (Phi) is 5.88. The molecule has 6 nitrogen and oxygen atoms in total. The number of aryl methyl sites for hydroxylation is 1. The van der Waals surface area contributed by atoms with Crippen molar-refractivity contribution in [2.75, 3.05) is 5.32 Å². The van der Waals surface area contributed by atoms with E-state index in [1.54, 1.807) is 25.3 Å². The third kappa shape index (κ3) is 4.43.